The fourth-order valence-corrected chi connectivity index (χ4v) is 2.49. The average Bonchev–Trinajstić information content (AvgIpc) is 2.52. The van der Waals surface area contributed by atoms with Crippen LogP contribution in [0.1, 0.15) is 71.1 Å². The van der Waals surface area contributed by atoms with Crippen LogP contribution in [0.5, 0.6) is 0 Å². The molecular weight excluding hydrogens is 288 g/mol. The Bertz CT molecular complexity index is 225. The van der Waals surface area contributed by atoms with E-state index in [0.29, 0.717) is 13.2 Å². The van der Waals surface area contributed by atoms with Crippen LogP contribution in [0.4, 0.5) is 0 Å². The Kier molecular flexibility index (Phi) is 18.1. The lowest BCUT2D eigenvalue weighted by Crippen LogP contribution is -2.31. The van der Waals surface area contributed by atoms with Crippen molar-refractivity contribution >= 4 is 0 Å². The number of nitrogens with two attached hydrogens (primary N) is 1. The van der Waals surface area contributed by atoms with Crippen LogP contribution in [-0.2, 0) is 9.47 Å². The van der Waals surface area contributed by atoms with Crippen molar-refractivity contribution in [2.75, 3.05) is 47.1 Å². The van der Waals surface area contributed by atoms with Gasteiger partial charge in [0.1, 0.15) is 0 Å². The first-order chi connectivity index (χ1) is 11.2. The summed E-state index contributed by atoms with van der Waals surface area (Å²) in [5.41, 5.74) is 5.98. The van der Waals surface area contributed by atoms with Gasteiger partial charge < -0.3 is 20.1 Å². The molecule has 0 radical (unpaired) electrons. The Labute approximate surface area is 145 Å². The molecule has 0 rings (SSSR count). The summed E-state index contributed by atoms with van der Waals surface area (Å²) in [6.07, 6.45) is 12.7. The van der Waals surface area contributed by atoms with Gasteiger partial charge in [-0.25, -0.2) is 0 Å². The van der Waals surface area contributed by atoms with Gasteiger partial charge in [-0.05, 0) is 39.9 Å². The maximum Gasteiger partial charge on any atom is 0.0640 e. The molecule has 0 amide bonds. The molecule has 0 bridgehead atoms. The molecule has 23 heavy (non-hydrogen) atoms. The number of ether oxygens (including phenoxy) is 2. The number of rotatable bonds is 18. The van der Waals surface area contributed by atoms with E-state index in [-0.39, 0.29) is 6.04 Å². The van der Waals surface area contributed by atoms with Gasteiger partial charge in [-0.3, -0.25) is 0 Å². The zero-order valence-corrected chi connectivity index (χ0v) is 16.0. The molecule has 140 valence electrons. The number of unbranched alkanes of at least 4 members (excludes halogenated alkanes) is 8. The molecule has 1 unspecified atom stereocenters. The van der Waals surface area contributed by atoms with Crippen LogP contribution in [0.15, 0.2) is 0 Å². The first-order valence-electron chi connectivity index (χ1n) is 9.72. The minimum atomic E-state index is 0.0206. The molecule has 0 aliphatic carbocycles. The third-order valence-corrected chi connectivity index (χ3v) is 3.95. The van der Waals surface area contributed by atoms with Gasteiger partial charge in [0, 0.05) is 13.2 Å². The van der Waals surface area contributed by atoms with Gasteiger partial charge in [0.05, 0.1) is 19.3 Å². The second-order valence-electron chi connectivity index (χ2n) is 6.90. The molecule has 0 aromatic heterocycles. The minimum Gasteiger partial charge on any atom is -0.380 e. The second-order valence-corrected chi connectivity index (χ2v) is 6.90. The van der Waals surface area contributed by atoms with E-state index in [4.69, 9.17) is 15.2 Å². The van der Waals surface area contributed by atoms with Crippen molar-refractivity contribution in [3.8, 4) is 0 Å². The minimum absolute atomic E-state index is 0.0206. The van der Waals surface area contributed by atoms with Crippen molar-refractivity contribution in [1.82, 2.24) is 4.90 Å². The molecule has 2 N–H and O–H groups in total. The number of hydrogen-bond donors (Lipinski definition) is 1. The summed E-state index contributed by atoms with van der Waals surface area (Å²) in [6.45, 7) is 6.35. The molecule has 0 saturated heterocycles. The summed E-state index contributed by atoms with van der Waals surface area (Å²) >= 11 is 0. The molecule has 0 aliphatic heterocycles. The fraction of sp³-hybridized carbons (Fsp3) is 1.00. The van der Waals surface area contributed by atoms with Gasteiger partial charge in [-0.15, -0.1) is 0 Å². The highest BCUT2D eigenvalue weighted by Gasteiger charge is 2.02. The van der Waals surface area contributed by atoms with Gasteiger partial charge in [0.25, 0.3) is 0 Å². The molecule has 0 heterocycles. The Morgan fingerprint density at radius 2 is 1.22 bits per heavy atom. The summed E-state index contributed by atoms with van der Waals surface area (Å²) in [7, 11) is 4.28. The normalized spacial score (nSPS) is 12.9. The third-order valence-electron chi connectivity index (χ3n) is 3.95. The molecule has 0 aromatic rings. The van der Waals surface area contributed by atoms with E-state index in [1.54, 1.807) is 0 Å². The van der Waals surface area contributed by atoms with Gasteiger partial charge in [-0.1, -0.05) is 51.9 Å². The lowest BCUT2D eigenvalue weighted by molar-refractivity contribution is 0.0645. The van der Waals surface area contributed by atoms with E-state index in [9.17, 15) is 0 Å². The molecule has 0 saturated carbocycles. The van der Waals surface area contributed by atoms with Crippen molar-refractivity contribution in [2.45, 2.75) is 77.2 Å². The van der Waals surface area contributed by atoms with Gasteiger partial charge >= 0.3 is 0 Å². The van der Waals surface area contributed by atoms with E-state index < -0.39 is 0 Å². The van der Waals surface area contributed by atoms with Crippen molar-refractivity contribution in [2.24, 2.45) is 5.73 Å². The van der Waals surface area contributed by atoms with E-state index in [1.807, 2.05) is 0 Å². The summed E-state index contributed by atoms with van der Waals surface area (Å²) < 4.78 is 11.2. The molecule has 1 atom stereocenters. The van der Waals surface area contributed by atoms with E-state index in [0.717, 1.165) is 26.1 Å². The monoisotopic (exact) mass is 330 g/mol. The third kappa shape index (κ3) is 19.8. The summed E-state index contributed by atoms with van der Waals surface area (Å²) in [5.74, 6) is 0. The van der Waals surface area contributed by atoms with E-state index >= 15 is 0 Å². The van der Waals surface area contributed by atoms with Crippen LogP contribution in [0.25, 0.3) is 0 Å². The van der Waals surface area contributed by atoms with Crippen molar-refractivity contribution < 1.29 is 9.47 Å². The van der Waals surface area contributed by atoms with Crippen LogP contribution in [-0.4, -0.2) is 58.0 Å². The molecule has 0 aliphatic rings. The first kappa shape index (κ1) is 22.8. The fourth-order valence-electron chi connectivity index (χ4n) is 2.49. The molecule has 0 aromatic carbocycles. The largest absolute Gasteiger partial charge is 0.380 e. The maximum atomic E-state index is 5.98. The standard InChI is InChI=1S/C19H42N2O2/c1-4-5-6-12-15-22-17-19(20)18-23-16-13-10-8-7-9-11-14-21(2)3/h19H,4-18,20H2,1-3H3. The highest BCUT2D eigenvalue weighted by Crippen LogP contribution is 2.06. The Hall–Kier alpha value is -0.160. The average molecular weight is 331 g/mol. The predicted molar refractivity (Wildman–Crippen MR) is 100 cm³/mol. The van der Waals surface area contributed by atoms with Crippen molar-refractivity contribution in [3.63, 3.8) is 0 Å². The van der Waals surface area contributed by atoms with Crippen molar-refractivity contribution in [1.29, 1.82) is 0 Å². The number of hydrogen-bond acceptors (Lipinski definition) is 4. The van der Waals surface area contributed by atoms with Crippen LogP contribution in [0.2, 0.25) is 0 Å². The molecule has 4 heteroatoms. The summed E-state index contributed by atoms with van der Waals surface area (Å²) in [6, 6.07) is 0.0206. The summed E-state index contributed by atoms with van der Waals surface area (Å²) in [4.78, 5) is 2.26. The second kappa shape index (κ2) is 18.2. The Morgan fingerprint density at radius 1 is 0.739 bits per heavy atom. The Balaban J connectivity index is 3.13. The lowest BCUT2D eigenvalue weighted by Gasteiger charge is -2.13. The predicted octanol–water partition coefficient (Wildman–Crippen LogP) is 3.83. The molecule has 0 fully saturated rings. The lowest BCUT2D eigenvalue weighted by atomic mass is 10.1. The van der Waals surface area contributed by atoms with Gasteiger partial charge in [0.15, 0.2) is 0 Å². The highest BCUT2D eigenvalue weighted by molar-refractivity contribution is 4.58. The summed E-state index contributed by atoms with van der Waals surface area (Å²) in [5, 5.41) is 0. The number of nitrogens with zero attached hydrogens (tertiary/aromatic N) is 1. The van der Waals surface area contributed by atoms with E-state index in [2.05, 4.69) is 25.9 Å². The molecular formula is C19H42N2O2. The smallest absolute Gasteiger partial charge is 0.0640 e. The first-order valence-corrected chi connectivity index (χ1v) is 9.72. The molecule has 4 nitrogen and oxygen atoms in total. The van der Waals surface area contributed by atoms with Crippen LogP contribution in [0, 0.1) is 0 Å². The zero-order valence-electron chi connectivity index (χ0n) is 16.0. The van der Waals surface area contributed by atoms with Gasteiger partial charge in [0.2, 0.25) is 0 Å². The quantitative estimate of drug-likeness (QED) is 0.388. The zero-order chi connectivity index (χ0) is 17.2. The topological polar surface area (TPSA) is 47.7 Å². The van der Waals surface area contributed by atoms with Gasteiger partial charge in [-0.2, -0.15) is 0 Å². The maximum absolute atomic E-state index is 5.98. The van der Waals surface area contributed by atoms with E-state index in [1.165, 1.54) is 57.9 Å². The van der Waals surface area contributed by atoms with Crippen LogP contribution in [0.3, 0.4) is 0 Å². The van der Waals surface area contributed by atoms with Crippen LogP contribution >= 0.6 is 0 Å². The molecule has 0 spiro atoms. The van der Waals surface area contributed by atoms with Crippen molar-refractivity contribution in [3.05, 3.63) is 0 Å². The SMILES string of the molecule is CCCCCCOCC(N)COCCCCCCCCN(C)C. The Morgan fingerprint density at radius 3 is 1.74 bits per heavy atom. The highest BCUT2D eigenvalue weighted by atomic mass is 16.5. The van der Waals surface area contributed by atoms with Crippen LogP contribution < -0.4 is 5.73 Å².